The lowest BCUT2D eigenvalue weighted by atomic mass is 9.85. The van der Waals surface area contributed by atoms with Crippen molar-refractivity contribution in [2.75, 3.05) is 26.7 Å². The first-order valence-corrected chi connectivity index (χ1v) is 10.4. The lowest BCUT2D eigenvalue weighted by Gasteiger charge is -2.42. The largest absolute Gasteiger partial charge is 0.338 e. The van der Waals surface area contributed by atoms with Gasteiger partial charge in [0.2, 0.25) is 0 Å². The number of likely N-dealkylation sites (tertiary alicyclic amines) is 1. The number of nitrogens with zero attached hydrogens (tertiary/aromatic N) is 4. The fraction of sp³-hybridized carbons (Fsp3) is 0.500. The van der Waals surface area contributed by atoms with Gasteiger partial charge >= 0.3 is 6.03 Å². The third-order valence-corrected chi connectivity index (χ3v) is 6.55. The van der Waals surface area contributed by atoms with Crippen LogP contribution in [0.25, 0.3) is 10.2 Å². The second-order valence-electron chi connectivity index (χ2n) is 8.01. The molecule has 4 amide bonds. The van der Waals surface area contributed by atoms with Gasteiger partial charge in [-0.2, -0.15) is 0 Å². The zero-order valence-corrected chi connectivity index (χ0v) is 17.2. The molecule has 0 radical (unpaired) electrons. The predicted molar refractivity (Wildman–Crippen MR) is 107 cm³/mol. The Morgan fingerprint density at radius 3 is 2.64 bits per heavy atom. The summed E-state index contributed by atoms with van der Waals surface area (Å²) in [7, 11) is 1.55. The molecule has 2 aliphatic heterocycles. The van der Waals surface area contributed by atoms with E-state index in [2.05, 4.69) is 4.98 Å². The highest BCUT2D eigenvalue weighted by Gasteiger charge is 2.57. The third-order valence-electron chi connectivity index (χ3n) is 5.74. The Morgan fingerprint density at radius 1 is 1.25 bits per heavy atom. The van der Waals surface area contributed by atoms with Gasteiger partial charge in [-0.15, -0.1) is 11.3 Å². The van der Waals surface area contributed by atoms with E-state index in [1.807, 2.05) is 32.0 Å². The lowest BCUT2D eigenvalue weighted by Crippen LogP contribution is -2.58. The Kier molecular flexibility index (Phi) is 4.61. The number of likely N-dealkylation sites (N-methyl/N-ethyl adjacent to an activating group) is 1. The first-order valence-electron chi connectivity index (χ1n) is 9.56. The Bertz CT molecular complexity index is 946. The van der Waals surface area contributed by atoms with Crippen LogP contribution < -0.4 is 0 Å². The molecule has 4 rings (SSSR count). The van der Waals surface area contributed by atoms with Crippen LogP contribution in [0.5, 0.6) is 0 Å². The van der Waals surface area contributed by atoms with Crippen LogP contribution in [0.3, 0.4) is 0 Å². The molecule has 8 heteroatoms. The summed E-state index contributed by atoms with van der Waals surface area (Å²) in [6.45, 7) is 5.53. The molecule has 148 valence electrons. The van der Waals surface area contributed by atoms with Crippen molar-refractivity contribution in [1.82, 2.24) is 19.7 Å². The van der Waals surface area contributed by atoms with Gasteiger partial charge in [0.15, 0.2) is 0 Å². The maximum Gasteiger partial charge on any atom is 0.327 e. The van der Waals surface area contributed by atoms with Gasteiger partial charge in [-0.1, -0.05) is 13.8 Å². The topological polar surface area (TPSA) is 73.8 Å². The molecule has 0 unspecified atom stereocenters. The summed E-state index contributed by atoms with van der Waals surface area (Å²) in [5.74, 6) is 0.0732. The van der Waals surface area contributed by atoms with Crippen molar-refractivity contribution < 1.29 is 14.4 Å². The summed E-state index contributed by atoms with van der Waals surface area (Å²) in [6, 6.07) is 5.34. The Hall–Kier alpha value is -2.48. The predicted octanol–water partition coefficient (Wildman–Crippen LogP) is 2.82. The highest BCUT2D eigenvalue weighted by molar-refractivity contribution is 7.16. The summed E-state index contributed by atoms with van der Waals surface area (Å²) >= 11 is 1.55. The second kappa shape index (κ2) is 6.84. The van der Waals surface area contributed by atoms with Crippen molar-refractivity contribution >= 4 is 39.4 Å². The quantitative estimate of drug-likeness (QED) is 0.743. The van der Waals surface area contributed by atoms with Crippen LogP contribution in [0.2, 0.25) is 0 Å². The van der Waals surface area contributed by atoms with Crippen molar-refractivity contribution in [2.24, 2.45) is 5.92 Å². The maximum atomic E-state index is 13.0. The molecule has 0 bridgehead atoms. The number of thiazole rings is 1. The second-order valence-corrected chi connectivity index (χ2v) is 8.90. The smallest absolute Gasteiger partial charge is 0.327 e. The molecule has 0 atom stereocenters. The van der Waals surface area contributed by atoms with Gasteiger partial charge in [0.05, 0.1) is 15.7 Å². The van der Waals surface area contributed by atoms with Crippen LogP contribution in [-0.2, 0) is 4.79 Å². The summed E-state index contributed by atoms with van der Waals surface area (Å²) in [5.41, 5.74) is 2.39. The minimum absolute atomic E-state index is 0.0507. The Balaban J connectivity index is 1.53. The molecule has 7 nitrogen and oxygen atoms in total. The molecule has 2 fully saturated rings. The fourth-order valence-electron chi connectivity index (χ4n) is 4.23. The number of rotatable bonds is 3. The molecule has 3 heterocycles. The number of urea groups is 1. The van der Waals surface area contributed by atoms with Crippen LogP contribution >= 0.6 is 11.3 Å². The van der Waals surface area contributed by atoms with Gasteiger partial charge < -0.3 is 9.80 Å². The molecule has 1 spiro atoms. The summed E-state index contributed by atoms with van der Waals surface area (Å²) in [5, 5.41) is 0. The molecule has 2 saturated heterocycles. The maximum absolute atomic E-state index is 13.0. The average Bonchev–Trinajstić information content (AvgIpc) is 3.22. The van der Waals surface area contributed by atoms with Crippen LogP contribution in [0.15, 0.2) is 23.7 Å². The molecule has 0 N–H and O–H groups in total. The molecular weight excluding hydrogens is 376 g/mol. The molecule has 1 aromatic heterocycles. The summed E-state index contributed by atoms with van der Waals surface area (Å²) < 4.78 is 1.05. The number of hydrogen-bond donors (Lipinski definition) is 0. The number of amides is 4. The number of aromatic nitrogens is 1. The highest BCUT2D eigenvalue weighted by Crippen LogP contribution is 2.37. The van der Waals surface area contributed by atoms with Crippen molar-refractivity contribution in [3.8, 4) is 0 Å². The SMILES string of the molecule is CC(C)CN1C(=O)N(C)C(=O)C12CCN(C(=O)c1ccc3scnc3c1)CC2. The van der Waals surface area contributed by atoms with E-state index in [4.69, 9.17) is 0 Å². The van der Waals surface area contributed by atoms with E-state index < -0.39 is 5.54 Å². The minimum Gasteiger partial charge on any atom is -0.338 e. The van der Waals surface area contributed by atoms with Crippen molar-refractivity contribution in [3.05, 3.63) is 29.3 Å². The fourth-order valence-corrected chi connectivity index (χ4v) is 4.89. The van der Waals surface area contributed by atoms with Gasteiger partial charge in [-0.3, -0.25) is 14.5 Å². The number of hydrogen-bond acceptors (Lipinski definition) is 5. The number of carbonyl (C=O) groups is 3. The zero-order valence-electron chi connectivity index (χ0n) is 16.3. The van der Waals surface area contributed by atoms with E-state index in [1.165, 1.54) is 4.90 Å². The van der Waals surface area contributed by atoms with Gasteiger partial charge in [0, 0.05) is 32.2 Å². The number of imide groups is 1. The van der Waals surface area contributed by atoms with Crippen LogP contribution in [0.4, 0.5) is 4.79 Å². The van der Waals surface area contributed by atoms with Gasteiger partial charge in [0.25, 0.3) is 11.8 Å². The van der Waals surface area contributed by atoms with Crippen molar-refractivity contribution in [3.63, 3.8) is 0 Å². The highest BCUT2D eigenvalue weighted by atomic mass is 32.1. The Morgan fingerprint density at radius 2 is 1.96 bits per heavy atom. The molecule has 0 aliphatic carbocycles. The van der Waals surface area contributed by atoms with Crippen molar-refractivity contribution in [2.45, 2.75) is 32.2 Å². The van der Waals surface area contributed by atoms with E-state index in [0.717, 1.165) is 10.2 Å². The van der Waals surface area contributed by atoms with Gasteiger partial charge in [-0.25, -0.2) is 9.78 Å². The molecule has 1 aromatic carbocycles. The monoisotopic (exact) mass is 400 g/mol. The first kappa shape index (κ1) is 18.9. The van der Waals surface area contributed by atoms with E-state index in [1.54, 1.807) is 33.7 Å². The molecule has 0 saturated carbocycles. The average molecular weight is 401 g/mol. The Labute approximate surface area is 167 Å². The molecule has 28 heavy (non-hydrogen) atoms. The van der Waals surface area contributed by atoms with Crippen LogP contribution in [-0.4, -0.2) is 69.8 Å². The standard InChI is InChI=1S/C20H24N4O3S/c1-13(2)11-24-19(27)22(3)18(26)20(24)6-8-23(9-7-20)17(25)14-4-5-16-15(10-14)21-12-28-16/h4-5,10,12-13H,6-9,11H2,1-3H3. The van der Waals surface area contributed by atoms with E-state index in [0.29, 0.717) is 38.0 Å². The summed E-state index contributed by atoms with van der Waals surface area (Å²) in [6.07, 6.45) is 0.943. The third kappa shape index (κ3) is 2.87. The zero-order chi connectivity index (χ0) is 20.1. The number of fused-ring (bicyclic) bond motifs is 1. The molecule has 2 aliphatic rings. The van der Waals surface area contributed by atoms with Crippen LogP contribution in [0, 0.1) is 5.92 Å². The number of carbonyl (C=O) groups excluding carboxylic acids is 3. The van der Waals surface area contributed by atoms with E-state index in [-0.39, 0.29) is 23.8 Å². The first-order chi connectivity index (χ1) is 13.3. The van der Waals surface area contributed by atoms with Gasteiger partial charge in [-0.05, 0) is 37.0 Å². The number of benzene rings is 1. The van der Waals surface area contributed by atoms with E-state index >= 15 is 0 Å². The lowest BCUT2D eigenvalue weighted by molar-refractivity contribution is -0.134. The molecule has 2 aromatic rings. The minimum atomic E-state index is -0.814. The molecular formula is C20H24N4O3S. The van der Waals surface area contributed by atoms with E-state index in [9.17, 15) is 14.4 Å². The number of piperidine rings is 1. The van der Waals surface area contributed by atoms with Crippen LogP contribution in [0.1, 0.15) is 37.0 Å². The normalized spacial score (nSPS) is 19.5. The summed E-state index contributed by atoms with van der Waals surface area (Å²) in [4.78, 5) is 47.5. The van der Waals surface area contributed by atoms with Crippen molar-refractivity contribution in [1.29, 1.82) is 0 Å². The van der Waals surface area contributed by atoms with Gasteiger partial charge in [0.1, 0.15) is 5.54 Å².